The summed E-state index contributed by atoms with van der Waals surface area (Å²) >= 11 is 0. The van der Waals surface area contributed by atoms with Crippen LogP contribution in [-0.4, -0.2) is 31.5 Å². The topological polar surface area (TPSA) is 110 Å². The van der Waals surface area contributed by atoms with E-state index >= 15 is 0 Å². The Morgan fingerprint density at radius 1 is 1.06 bits per heavy atom. The molecule has 158 valence electrons. The van der Waals surface area contributed by atoms with E-state index < -0.39 is 22.4 Å². The predicted octanol–water partition coefficient (Wildman–Crippen LogP) is 3.36. The van der Waals surface area contributed by atoms with E-state index in [1.165, 1.54) is 24.3 Å². The highest BCUT2D eigenvalue weighted by Gasteiger charge is 2.48. The zero-order valence-electron chi connectivity index (χ0n) is 17.3. The molecule has 1 atom stereocenters. The number of rotatable bonds is 5. The SMILES string of the molecule is Cc1cc(C)n(-c2ccc(CN3C(=O)NC(C)(c4ccc([N+](=O)[O-])cc4)C3=O)cc2)n1. The summed E-state index contributed by atoms with van der Waals surface area (Å²) in [5.74, 6) is -0.408. The Labute approximate surface area is 178 Å². The van der Waals surface area contributed by atoms with E-state index in [2.05, 4.69) is 10.4 Å². The lowest BCUT2D eigenvalue weighted by atomic mass is 9.92. The number of imide groups is 1. The Hall–Kier alpha value is -4.01. The highest BCUT2D eigenvalue weighted by Crippen LogP contribution is 2.31. The number of aryl methyl sites for hydroxylation is 2. The lowest BCUT2D eigenvalue weighted by molar-refractivity contribution is -0.384. The van der Waals surface area contributed by atoms with Gasteiger partial charge in [-0.1, -0.05) is 12.1 Å². The van der Waals surface area contributed by atoms with E-state index in [9.17, 15) is 19.7 Å². The minimum absolute atomic E-state index is 0.0799. The van der Waals surface area contributed by atoms with Crippen LogP contribution in [0.1, 0.15) is 29.4 Å². The Morgan fingerprint density at radius 3 is 2.26 bits per heavy atom. The largest absolute Gasteiger partial charge is 0.325 e. The first kappa shape index (κ1) is 20.3. The number of carbonyl (C=O) groups excluding carboxylic acids is 2. The monoisotopic (exact) mass is 419 g/mol. The second kappa shape index (κ2) is 7.35. The highest BCUT2D eigenvalue weighted by atomic mass is 16.6. The smallest absolute Gasteiger partial charge is 0.319 e. The maximum atomic E-state index is 13.1. The Bertz CT molecular complexity index is 1180. The summed E-state index contributed by atoms with van der Waals surface area (Å²) in [6, 6.07) is 14.6. The molecule has 1 unspecified atom stereocenters. The molecular formula is C22H21N5O4. The summed E-state index contributed by atoms with van der Waals surface area (Å²) in [4.78, 5) is 37.2. The first-order chi connectivity index (χ1) is 14.7. The lowest BCUT2D eigenvalue weighted by Crippen LogP contribution is -2.40. The van der Waals surface area contributed by atoms with Gasteiger partial charge in [0.2, 0.25) is 0 Å². The van der Waals surface area contributed by atoms with E-state index in [-0.39, 0.29) is 12.2 Å². The van der Waals surface area contributed by atoms with Crippen LogP contribution in [0.3, 0.4) is 0 Å². The van der Waals surface area contributed by atoms with Crippen LogP contribution in [0, 0.1) is 24.0 Å². The van der Waals surface area contributed by atoms with Gasteiger partial charge in [0.15, 0.2) is 0 Å². The molecule has 3 amide bonds. The molecule has 0 aliphatic carbocycles. The van der Waals surface area contributed by atoms with Crippen LogP contribution >= 0.6 is 0 Å². The van der Waals surface area contributed by atoms with E-state index in [1.807, 2.05) is 48.9 Å². The van der Waals surface area contributed by atoms with Crippen molar-refractivity contribution < 1.29 is 14.5 Å². The van der Waals surface area contributed by atoms with Gasteiger partial charge in [-0.25, -0.2) is 9.48 Å². The van der Waals surface area contributed by atoms with Crippen LogP contribution in [0.15, 0.2) is 54.6 Å². The van der Waals surface area contributed by atoms with Crippen LogP contribution in [0.2, 0.25) is 0 Å². The molecule has 3 aromatic rings. The Balaban J connectivity index is 1.54. The van der Waals surface area contributed by atoms with Crippen LogP contribution < -0.4 is 5.32 Å². The van der Waals surface area contributed by atoms with E-state index in [1.54, 1.807) is 6.92 Å². The number of hydrogen-bond donors (Lipinski definition) is 1. The van der Waals surface area contributed by atoms with Gasteiger partial charge in [0.1, 0.15) is 5.54 Å². The number of amides is 3. The normalized spacial score (nSPS) is 18.4. The van der Waals surface area contributed by atoms with Gasteiger partial charge >= 0.3 is 6.03 Å². The number of urea groups is 1. The van der Waals surface area contributed by atoms with Gasteiger partial charge < -0.3 is 5.32 Å². The molecular weight excluding hydrogens is 398 g/mol. The average molecular weight is 419 g/mol. The molecule has 1 aliphatic rings. The van der Waals surface area contributed by atoms with Gasteiger partial charge in [0, 0.05) is 17.8 Å². The number of hydrogen-bond acceptors (Lipinski definition) is 5. The molecule has 0 bridgehead atoms. The second-order valence-corrected chi connectivity index (χ2v) is 7.76. The number of aromatic nitrogens is 2. The van der Waals surface area contributed by atoms with Crippen LogP contribution in [0.4, 0.5) is 10.5 Å². The minimum atomic E-state index is -1.28. The number of nitrogens with one attached hydrogen (secondary N) is 1. The van der Waals surface area contributed by atoms with Crippen molar-refractivity contribution in [1.29, 1.82) is 0 Å². The molecule has 1 aromatic heterocycles. The lowest BCUT2D eigenvalue weighted by Gasteiger charge is -2.22. The summed E-state index contributed by atoms with van der Waals surface area (Å²) in [7, 11) is 0. The van der Waals surface area contributed by atoms with E-state index in [4.69, 9.17) is 0 Å². The molecule has 4 rings (SSSR count). The number of non-ortho nitro benzene ring substituents is 1. The third-order valence-corrected chi connectivity index (χ3v) is 5.46. The van der Waals surface area contributed by atoms with Gasteiger partial charge in [0.05, 0.1) is 22.8 Å². The van der Waals surface area contributed by atoms with E-state index in [0.717, 1.165) is 27.5 Å². The third-order valence-electron chi connectivity index (χ3n) is 5.46. The van der Waals surface area contributed by atoms with Crippen molar-refractivity contribution in [1.82, 2.24) is 20.0 Å². The number of nitro benzene ring substituents is 1. The molecule has 2 aromatic carbocycles. The van der Waals surface area contributed by atoms with Crippen molar-refractivity contribution in [2.24, 2.45) is 0 Å². The molecule has 2 heterocycles. The summed E-state index contributed by atoms with van der Waals surface area (Å²) in [6.07, 6.45) is 0. The molecule has 9 heteroatoms. The first-order valence-electron chi connectivity index (χ1n) is 9.70. The van der Waals surface area contributed by atoms with Crippen molar-refractivity contribution in [3.8, 4) is 5.69 Å². The summed E-state index contributed by atoms with van der Waals surface area (Å²) in [5.41, 5.74) is 2.74. The highest BCUT2D eigenvalue weighted by molar-refractivity contribution is 6.07. The first-order valence-corrected chi connectivity index (χ1v) is 9.70. The quantitative estimate of drug-likeness (QED) is 0.387. The summed E-state index contributed by atoms with van der Waals surface area (Å²) in [5, 5.41) is 18.0. The second-order valence-electron chi connectivity index (χ2n) is 7.76. The molecule has 31 heavy (non-hydrogen) atoms. The van der Waals surface area contributed by atoms with Crippen molar-refractivity contribution in [2.45, 2.75) is 32.9 Å². The molecule has 0 spiro atoms. The predicted molar refractivity (Wildman–Crippen MR) is 113 cm³/mol. The van der Waals surface area contributed by atoms with Gasteiger partial charge in [-0.15, -0.1) is 0 Å². The Morgan fingerprint density at radius 2 is 1.71 bits per heavy atom. The van der Waals surface area contributed by atoms with Gasteiger partial charge in [-0.3, -0.25) is 19.8 Å². The van der Waals surface area contributed by atoms with Crippen molar-refractivity contribution in [3.05, 3.63) is 87.2 Å². The fourth-order valence-electron chi connectivity index (χ4n) is 3.77. The zero-order chi connectivity index (χ0) is 22.3. The van der Waals surface area contributed by atoms with E-state index in [0.29, 0.717) is 5.56 Å². The molecule has 9 nitrogen and oxygen atoms in total. The number of carbonyl (C=O) groups is 2. The van der Waals surface area contributed by atoms with Crippen molar-refractivity contribution >= 4 is 17.6 Å². The van der Waals surface area contributed by atoms with Crippen molar-refractivity contribution in [2.75, 3.05) is 0 Å². The van der Waals surface area contributed by atoms with Gasteiger partial charge in [-0.2, -0.15) is 5.10 Å². The van der Waals surface area contributed by atoms with Gasteiger partial charge in [-0.05, 0) is 62.2 Å². The number of benzene rings is 2. The van der Waals surface area contributed by atoms with Crippen molar-refractivity contribution in [3.63, 3.8) is 0 Å². The molecule has 1 fully saturated rings. The average Bonchev–Trinajstić information content (AvgIpc) is 3.19. The standard InChI is InChI=1S/C22H21N5O4/c1-14-12-15(2)26(24-14)18-8-4-16(5-9-18)13-25-20(28)22(3,23-21(25)29)17-6-10-19(11-7-17)27(30)31/h4-12H,13H2,1-3H3,(H,23,29). The molecule has 1 N–H and O–H groups in total. The fraction of sp³-hybridized carbons (Fsp3) is 0.227. The molecule has 0 saturated carbocycles. The fourth-order valence-corrected chi connectivity index (χ4v) is 3.77. The maximum Gasteiger partial charge on any atom is 0.325 e. The number of nitro groups is 1. The Kier molecular flexibility index (Phi) is 4.81. The minimum Gasteiger partial charge on any atom is -0.319 e. The summed E-state index contributed by atoms with van der Waals surface area (Å²) in [6.45, 7) is 5.61. The van der Waals surface area contributed by atoms with Crippen LogP contribution in [0.5, 0.6) is 0 Å². The molecule has 1 aliphatic heterocycles. The van der Waals surface area contributed by atoms with Crippen LogP contribution in [-0.2, 0) is 16.9 Å². The number of nitrogens with zero attached hydrogens (tertiary/aromatic N) is 4. The van der Waals surface area contributed by atoms with Crippen LogP contribution in [0.25, 0.3) is 5.69 Å². The summed E-state index contributed by atoms with van der Waals surface area (Å²) < 4.78 is 1.83. The zero-order valence-corrected chi connectivity index (χ0v) is 17.3. The molecule has 1 saturated heterocycles. The van der Waals surface area contributed by atoms with Gasteiger partial charge in [0.25, 0.3) is 11.6 Å². The molecule has 0 radical (unpaired) electrons. The maximum absolute atomic E-state index is 13.1. The third kappa shape index (κ3) is 3.54.